The number of ether oxygens (including phenoxy) is 1. The Kier molecular flexibility index (Phi) is 5.27. The predicted octanol–water partition coefficient (Wildman–Crippen LogP) is 4.85. The molecule has 1 amide bonds. The van der Waals surface area contributed by atoms with Gasteiger partial charge in [-0.25, -0.2) is 4.39 Å². The maximum Gasteiger partial charge on any atom is 0.265 e. The van der Waals surface area contributed by atoms with Gasteiger partial charge < -0.3 is 10.1 Å². The minimum Gasteiger partial charge on any atom is -0.481 e. The largest absolute Gasteiger partial charge is 0.481 e. The number of nitrogens with one attached hydrogen (secondary N) is 1. The van der Waals surface area contributed by atoms with Crippen molar-refractivity contribution in [2.24, 2.45) is 0 Å². The van der Waals surface area contributed by atoms with E-state index in [1.54, 1.807) is 25.1 Å². The van der Waals surface area contributed by atoms with Gasteiger partial charge in [0.1, 0.15) is 11.6 Å². The smallest absolute Gasteiger partial charge is 0.265 e. The molecule has 0 saturated heterocycles. The monoisotopic (exact) mass is 341 g/mol. The summed E-state index contributed by atoms with van der Waals surface area (Å²) in [6.45, 7) is 3.46. The Morgan fingerprint density at radius 3 is 2.59 bits per heavy atom. The first-order chi connectivity index (χ1) is 10.4. The molecular weight excluding hydrogens is 328 g/mol. The zero-order valence-electron chi connectivity index (χ0n) is 12.0. The normalized spacial score (nSPS) is 11.9. The van der Waals surface area contributed by atoms with Gasteiger partial charge in [-0.15, -0.1) is 0 Å². The molecule has 2 rings (SSSR count). The topological polar surface area (TPSA) is 38.3 Å². The van der Waals surface area contributed by atoms with Gasteiger partial charge in [0, 0.05) is 10.7 Å². The molecule has 116 valence electrons. The lowest BCUT2D eigenvalue weighted by Gasteiger charge is -2.16. The minimum absolute atomic E-state index is 0.0556. The third kappa shape index (κ3) is 4.12. The van der Waals surface area contributed by atoms with Crippen LogP contribution in [0, 0.1) is 12.7 Å². The van der Waals surface area contributed by atoms with E-state index < -0.39 is 11.9 Å². The first-order valence-corrected chi connectivity index (χ1v) is 7.31. The third-order valence-electron chi connectivity index (χ3n) is 3.00. The molecule has 0 fully saturated rings. The Hall–Kier alpha value is -1.78. The summed E-state index contributed by atoms with van der Waals surface area (Å²) in [7, 11) is 0. The van der Waals surface area contributed by atoms with Gasteiger partial charge in [-0.3, -0.25) is 4.79 Å². The fourth-order valence-corrected chi connectivity index (χ4v) is 2.21. The van der Waals surface area contributed by atoms with Crippen LogP contribution in [0.3, 0.4) is 0 Å². The molecule has 1 atom stereocenters. The number of hydrogen-bond donors (Lipinski definition) is 1. The molecule has 0 radical (unpaired) electrons. The van der Waals surface area contributed by atoms with Gasteiger partial charge in [0.2, 0.25) is 0 Å². The van der Waals surface area contributed by atoms with E-state index in [1.807, 2.05) is 6.92 Å². The standard InChI is InChI=1S/C16H14Cl2FNO2/c1-9-7-11(17)3-6-15(9)22-10(2)16(21)20-12-4-5-14(19)13(18)8-12/h3-8,10H,1-2H3,(H,20,21). The van der Waals surface area contributed by atoms with Crippen molar-refractivity contribution in [2.75, 3.05) is 5.32 Å². The highest BCUT2D eigenvalue weighted by Gasteiger charge is 2.16. The minimum atomic E-state index is -0.733. The highest BCUT2D eigenvalue weighted by Crippen LogP contribution is 2.23. The first kappa shape index (κ1) is 16.6. The van der Waals surface area contributed by atoms with Gasteiger partial charge in [-0.2, -0.15) is 0 Å². The highest BCUT2D eigenvalue weighted by atomic mass is 35.5. The maximum atomic E-state index is 13.1. The average molecular weight is 342 g/mol. The lowest BCUT2D eigenvalue weighted by atomic mass is 10.2. The number of benzene rings is 2. The second-order valence-corrected chi connectivity index (χ2v) is 5.63. The number of carbonyl (C=O) groups excluding carboxylic acids is 1. The van der Waals surface area contributed by atoms with Crippen molar-refractivity contribution < 1.29 is 13.9 Å². The quantitative estimate of drug-likeness (QED) is 0.863. The number of amides is 1. The molecule has 0 saturated carbocycles. The molecule has 2 aromatic carbocycles. The summed E-state index contributed by atoms with van der Waals surface area (Å²) in [5.74, 6) is -0.332. The summed E-state index contributed by atoms with van der Waals surface area (Å²) < 4.78 is 18.7. The lowest BCUT2D eigenvalue weighted by molar-refractivity contribution is -0.122. The van der Waals surface area contributed by atoms with Crippen molar-refractivity contribution in [2.45, 2.75) is 20.0 Å². The van der Waals surface area contributed by atoms with Gasteiger partial charge >= 0.3 is 0 Å². The van der Waals surface area contributed by atoms with Gasteiger partial charge in [-0.05, 0) is 55.8 Å². The van der Waals surface area contributed by atoms with Crippen molar-refractivity contribution in [3.05, 3.63) is 57.8 Å². The molecule has 0 aromatic heterocycles. The van der Waals surface area contributed by atoms with Crippen LogP contribution in [0.5, 0.6) is 5.75 Å². The summed E-state index contributed by atoms with van der Waals surface area (Å²) >= 11 is 11.5. The van der Waals surface area contributed by atoms with E-state index in [-0.39, 0.29) is 10.9 Å². The van der Waals surface area contributed by atoms with E-state index in [4.69, 9.17) is 27.9 Å². The molecule has 0 bridgehead atoms. The van der Waals surface area contributed by atoms with Crippen molar-refractivity contribution in [1.82, 2.24) is 0 Å². The molecule has 6 heteroatoms. The molecule has 1 N–H and O–H groups in total. The molecule has 22 heavy (non-hydrogen) atoms. The van der Waals surface area contributed by atoms with Gasteiger partial charge in [0.05, 0.1) is 5.02 Å². The predicted molar refractivity (Wildman–Crippen MR) is 86.3 cm³/mol. The average Bonchev–Trinajstić information content (AvgIpc) is 2.45. The van der Waals surface area contributed by atoms with Crippen molar-refractivity contribution in [1.29, 1.82) is 0 Å². The number of hydrogen-bond acceptors (Lipinski definition) is 2. The Morgan fingerprint density at radius 1 is 1.23 bits per heavy atom. The number of halogens is 3. The van der Waals surface area contributed by atoms with E-state index >= 15 is 0 Å². The van der Waals surface area contributed by atoms with Crippen LogP contribution in [0.1, 0.15) is 12.5 Å². The lowest BCUT2D eigenvalue weighted by Crippen LogP contribution is -2.30. The summed E-state index contributed by atoms with van der Waals surface area (Å²) in [6.07, 6.45) is -0.733. The second kappa shape index (κ2) is 6.99. The van der Waals surface area contributed by atoms with Crippen LogP contribution in [-0.4, -0.2) is 12.0 Å². The molecule has 0 aliphatic heterocycles. The molecule has 1 unspecified atom stereocenters. The highest BCUT2D eigenvalue weighted by molar-refractivity contribution is 6.31. The zero-order valence-corrected chi connectivity index (χ0v) is 13.5. The van der Waals surface area contributed by atoms with E-state index in [2.05, 4.69) is 5.32 Å². The van der Waals surface area contributed by atoms with Crippen LogP contribution >= 0.6 is 23.2 Å². The van der Waals surface area contributed by atoms with Crippen LogP contribution in [0.2, 0.25) is 10.0 Å². The van der Waals surface area contributed by atoms with E-state index in [0.29, 0.717) is 16.5 Å². The summed E-state index contributed by atoms with van der Waals surface area (Å²) in [4.78, 5) is 12.1. The van der Waals surface area contributed by atoms with Crippen LogP contribution in [-0.2, 0) is 4.79 Å². The molecular formula is C16H14Cl2FNO2. The molecule has 3 nitrogen and oxygen atoms in total. The van der Waals surface area contributed by atoms with Crippen molar-refractivity contribution in [3.8, 4) is 5.75 Å². The summed E-state index contributed by atoms with van der Waals surface area (Å²) in [6, 6.07) is 9.10. The molecule has 0 heterocycles. The van der Waals surface area contributed by atoms with Gasteiger partial charge in [0.15, 0.2) is 6.10 Å². The van der Waals surface area contributed by atoms with Crippen LogP contribution in [0.4, 0.5) is 10.1 Å². The number of aryl methyl sites for hydroxylation is 1. The Morgan fingerprint density at radius 2 is 1.95 bits per heavy atom. The summed E-state index contributed by atoms with van der Waals surface area (Å²) in [5, 5.41) is 3.16. The number of anilines is 1. The van der Waals surface area contributed by atoms with Crippen LogP contribution < -0.4 is 10.1 Å². The Labute approximate surface area is 138 Å². The molecule has 0 spiro atoms. The molecule has 0 aliphatic carbocycles. The maximum absolute atomic E-state index is 13.1. The first-order valence-electron chi connectivity index (χ1n) is 6.55. The Bertz CT molecular complexity index is 707. The second-order valence-electron chi connectivity index (χ2n) is 4.79. The summed E-state index contributed by atoms with van der Waals surface area (Å²) in [5.41, 5.74) is 1.23. The number of carbonyl (C=O) groups is 1. The zero-order chi connectivity index (χ0) is 16.3. The fourth-order valence-electron chi connectivity index (χ4n) is 1.81. The van der Waals surface area contributed by atoms with Crippen molar-refractivity contribution in [3.63, 3.8) is 0 Å². The van der Waals surface area contributed by atoms with E-state index in [9.17, 15) is 9.18 Å². The Balaban J connectivity index is 2.04. The third-order valence-corrected chi connectivity index (χ3v) is 3.52. The SMILES string of the molecule is Cc1cc(Cl)ccc1OC(C)C(=O)Nc1ccc(F)c(Cl)c1. The van der Waals surface area contributed by atoms with Crippen molar-refractivity contribution >= 4 is 34.8 Å². The van der Waals surface area contributed by atoms with Crippen LogP contribution in [0.25, 0.3) is 0 Å². The number of rotatable bonds is 4. The molecule has 2 aromatic rings. The fraction of sp³-hybridized carbons (Fsp3) is 0.188. The van der Waals surface area contributed by atoms with Gasteiger partial charge in [-0.1, -0.05) is 23.2 Å². The molecule has 0 aliphatic rings. The van der Waals surface area contributed by atoms with E-state index in [1.165, 1.54) is 18.2 Å². The van der Waals surface area contributed by atoms with Crippen LogP contribution in [0.15, 0.2) is 36.4 Å². The van der Waals surface area contributed by atoms with E-state index in [0.717, 1.165) is 5.56 Å². The van der Waals surface area contributed by atoms with Gasteiger partial charge in [0.25, 0.3) is 5.91 Å².